The lowest BCUT2D eigenvalue weighted by molar-refractivity contribution is -0.125. The maximum Gasteiger partial charge on any atom is 0.223 e. The summed E-state index contributed by atoms with van der Waals surface area (Å²) in [7, 11) is 0. The zero-order valence-corrected chi connectivity index (χ0v) is 14.2. The second-order valence-electron chi connectivity index (χ2n) is 5.79. The van der Waals surface area contributed by atoms with Crippen LogP contribution in [0.4, 0.5) is 0 Å². The second-order valence-corrected chi connectivity index (χ2v) is 6.23. The summed E-state index contributed by atoms with van der Waals surface area (Å²) in [5.41, 5.74) is 2.28. The van der Waals surface area contributed by atoms with Crippen molar-refractivity contribution in [2.24, 2.45) is 5.92 Å². The van der Waals surface area contributed by atoms with Gasteiger partial charge in [-0.25, -0.2) is 0 Å². The van der Waals surface area contributed by atoms with E-state index in [9.17, 15) is 4.79 Å². The molecule has 2 N–H and O–H groups in total. The third-order valence-corrected chi connectivity index (χ3v) is 4.43. The van der Waals surface area contributed by atoms with E-state index in [1.54, 1.807) is 0 Å². The van der Waals surface area contributed by atoms with Gasteiger partial charge in [0, 0.05) is 34.6 Å². The summed E-state index contributed by atoms with van der Waals surface area (Å²) in [4.78, 5) is 15.4. The van der Waals surface area contributed by atoms with E-state index < -0.39 is 0 Å². The topological polar surface area (TPSA) is 44.9 Å². The molecule has 0 radical (unpaired) electrons. The van der Waals surface area contributed by atoms with Crippen molar-refractivity contribution >= 4 is 28.4 Å². The summed E-state index contributed by atoms with van der Waals surface area (Å²) in [5.74, 6) is 0.339. The monoisotopic (exact) mass is 320 g/mol. The number of benzene rings is 1. The van der Waals surface area contributed by atoms with Crippen LogP contribution in [0.3, 0.4) is 0 Å². The molecule has 0 saturated carbocycles. The van der Waals surface area contributed by atoms with Crippen LogP contribution in [0.5, 0.6) is 0 Å². The standard InChI is InChI=1S/C18H25ClN2O/c1-3-5-6-13(4-2)18(22)20-10-9-14-12-21-17-8-7-15(19)11-16(14)17/h7-8,11-13,21H,3-6,9-10H2,1-2H3,(H,20,22). The van der Waals surface area contributed by atoms with Gasteiger partial charge in [0.2, 0.25) is 5.91 Å². The second kappa shape index (κ2) is 8.23. The number of fused-ring (bicyclic) bond motifs is 1. The highest BCUT2D eigenvalue weighted by Gasteiger charge is 2.15. The van der Waals surface area contributed by atoms with E-state index in [-0.39, 0.29) is 11.8 Å². The maximum absolute atomic E-state index is 12.2. The smallest absolute Gasteiger partial charge is 0.223 e. The Morgan fingerprint density at radius 2 is 2.18 bits per heavy atom. The molecule has 0 aliphatic rings. The van der Waals surface area contributed by atoms with Crippen LogP contribution in [-0.2, 0) is 11.2 Å². The summed E-state index contributed by atoms with van der Waals surface area (Å²) < 4.78 is 0. The Kier molecular flexibility index (Phi) is 6.32. The lowest BCUT2D eigenvalue weighted by Gasteiger charge is -2.14. The fourth-order valence-corrected chi connectivity index (χ4v) is 2.97. The first-order valence-corrected chi connectivity index (χ1v) is 8.56. The summed E-state index contributed by atoms with van der Waals surface area (Å²) in [6.07, 6.45) is 6.97. The molecule has 4 heteroatoms. The van der Waals surface area contributed by atoms with Crippen molar-refractivity contribution in [3.63, 3.8) is 0 Å². The predicted octanol–water partition coefficient (Wildman–Crippen LogP) is 4.70. The molecular weight excluding hydrogens is 296 g/mol. The molecule has 0 saturated heterocycles. The van der Waals surface area contributed by atoms with Crippen molar-refractivity contribution in [1.29, 1.82) is 0 Å². The molecule has 0 bridgehead atoms. The molecule has 0 spiro atoms. The van der Waals surface area contributed by atoms with Gasteiger partial charge in [0.05, 0.1) is 0 Å². The third-order valence-electron chi connectivity index (χ3n) is 4.19. The molecule has 2 aromatic rings. The van der Waals surface area contributed by atoms with Crippen LogP contribution >= 0.6 is 11.6 Å². The van der Waals surface area contributed by atoms with Gasteiger partial charge in [0.25, 0.3) is 0 Å². The summed E-state index contributed by atoms with van der Waals surface area (Å²) >= 11 is 6.06. The van der Waals surface area contributed by atoms with E-state index in [2.05, 4.69) is 24.1 Å². The van der Waals surface area contributed by atoms with E-state index in [1.165, 1.54) is 5.56 Å². The largest absolute Gasteiger partial charge is 0.361 e. The highest BCUT2D eigenvalue weighted by molar-refractivity contribution is 6.31. The minimum atomic E-state index is 0.150. The van der Waals surface area contributed by atoms with Crippen LogP contribution in [0.15, 0.2) is 24.4 Å². The highest BCUT2D eigenvalue weighted by Crippen LogP contribution is 2.22. The molecule has 1 unspecified atom stereocenters. The van der Waals surface area contributed by atoms with Gasteiger partial charge in [0.1, 0.15) is 0 Å². The number of rotatable bonds is 8. The van der Waals surface area contributed by atoms with Gasteiger partial charge in [-0.2, -0.15) is 0 Å². The summed E-state index contributed by atoms with van der Waals surface area (Å²) in [6, 6.07) is 5.84. The minimum absolute atomic E-state index is 0.150. The van der Waals surface area contributed by atoms with E-state index >= 15 is 0 Å². The molecule has 1 aromatic heterocycles. The lowest BCUT2D eigenvalue weighted by atomic mass is 9.98. The van der Waals surface area contributed by atoms with Crippen molar-refractivity contribution in [3.05, 3.63) is 35.0 Å². The Hall–Kier alpha value is -1.48. The Bertz CT molecular complexity index is 621. The number of hydrogen-bond donors (Lipinski definition) is 2. The molecule has 0 aliphatic heterocycles. The Morgan fingerprint density at radius 3 is 2.91 bits per heavy atom. The van der Waals surface area contributed by atoms with E-state index in [4.69, 9.17) is 11.6 Å². The van der Waals surface area contributed by atoms with Crippen molar-refractivity contribution < 1.29 is 4.79 Å². The van der Waals surface area contributed by atoms with Gasteiger partial charge in [-0.15, -0.1) is 0 Å². The molecule has 1 aromatic carbocycles. The predicted molar refractivity (Wildman–Crippen MR) is 93.3 cm³/mol. The molecular formula is C18H25ClN2O. The average molecular weight is 321 g/mol. The SMILES string of the molecule is CCCCC(CC)C(=O)NCCc1c[nH]c2ccc(Cl)cc12. The number of amides is 1. The Balaban J connectivity index is 1.89. The molecule has 22 heavy (non-hydrogen) atoms. The van der Waals surface area contributed by atoms with Crippen molar-refractivity contribution in [2.45, 2.75) is 46.0 Å². The van der Waals surface area contributed by atoms with Crippen LogP contribution in [0.2, 0.25) is 5.02 Å². The Labute approximate surface area is 137 Å². The molecule has 1 amide bonds. The fraction of sp³-hybridized carbons (Fsp3) is 0.500. The van der Waals surface area contributed by atoms with E-state index in [0.717, 1.165) is 48.0 Å². The van der Waals surface area contributed by atoms with Crippen LogP contribution in [0.1, 0.15) is 45.1 Å². The zero-order valence-electron chi connectivity index (χ0n) is 13.4. The lowest BCUT2D eigenvalue weighted by Crippen LogP contribution is -2.32. The number of halogens is 1. The van der Waals surface area contributed by atoms with Crippen LogP contribution in [0.25, 0.3) is 10.9 Å². The molecule has 2 rings (SSSR count). The number of hydrogen-bond acceptors (Lipinski definition) is 1. The van der Waals surface area contributed by atoms with E-state index in [1.807, 2.05) is 24.4 Å². The number of aromatic nitrogens is 1. The zero-order chi connectivity index (χ0) is 15.9. The van der Waals surface area contributed by atoms with Gasteiger partial charge in [-0.3, -0.25) is 4.79 Å². The summed E-state index contributed by atoms with van der Waals surface area (Å²) in [6.45, 7) is 4.91. The van der Waals surface area contributed by atoms with Gasteiger partial charge < -0.3 is 10.3 Å². The molecule has 1 atom stereocenters. The summed E-state index contributed by atoms with van der Waals surface area (Å²) in [5, 5.41) is 4.95. The van der Waals surface area contributed by atoms with Gasteiger partial charge >= 0.3 is 0 Å². The van der Waals surface area contributed by atoms with Crippen molar-refractivity contribution in [3.8, 4) is 0 Å². The molecule has 0 fully saturated rings. The normalized spacial score (nSPS) is 12.5. The number of nitrogens with one attached hydrogen (secondary N) is 2. The molecule has 1 heterocycles. The van der Waals surface area contributed by atoms with Crippen molar-refractivity contribution in [2.75, 3.05) is 6.54 Å². The van der Waals surface area contributed by atoms with Gasteiger partial charge in [-0.05, 0) is 43.0 Å². The first kappa shape index (κ1) is 16.9. The number of carbonyl (C=O) groups is 1. The number of unbranched alkanes of at least 4 members (excludes halogenated alkanes) is 1. The Morgan fingerprint density at radius 1 is 1.36 bits per heavy atom. The van der Waals surface area contributed by atoms with Crippen molar-refractivity contribution in [1.82, 2.24) is 10.3 Å². The molecule has 0 aliphatic carbocycles. The number of aromatic amines is 1. The maximum atomic E-state index is 12.2. The number of carbonyl (C=O) groups excluding carboxylic acids is 1. The van der Waals surface area contributed by atoms with Crippen LogP contribution in [-0.4, -0.2) is 17.4 Å². The minimum Gasteiger partial charge on any atom is -0.361 e. The highest BCUT2D eigenvalue weighted by atomic mass is 35.5. The number of H-pyrrole nitrogens is 1. The van der Waals surface area contributed by atoms with Crippen LogP contribution in [0, 0.1) is 5.92 Å². The average Bonchev–Trinajstić information content (AvgIpc) is 2.90. The van der Waals surface area contributed by atoms with E-state index in [0.29, 0.717) is 6.54 Å². The van der Waals surface area contributed by atoms with Gasteiger partial charge in [0.15, 0.2) is 0 Å². The van der Waals surface area contributed by atoms with Crippen LogP contribution < -0.4 is 5.32 Å². The molecule has 120 valence electrons. The first-order chi connectivity index (χ1) is 10.7. The van der Waals surface area contributed by atoms with Gasteiger partial charge in [-0.1, -0.05) is 38.3 Å². The first-order valence-electron chi connectivity index (χ1n) is 8.18. The molecule has 3 nitrogen and oxygen atoms in total. The third kappa shape index (κ3) is 4.26. The quantitative estimate of drug-likeness (QED) is 0.727. The fourth-order valence-electron chi connectivity index (χ4n) is 2.79.